The van der Waals surface area contributed by atoms with Crippen molar-refractivity contribution >= 4 is 11.6 Å². The molecular formula is C16H19ClN2O. The zero-order valence-electron chi connectivity index (χ0n) is 11.5. The van der Waals surface area contributed by atoms with Crippen molar-refractivity contribution in [2.24, 2.45) is 0 Å². The van der Waals surface area contributed by atoms with Crippen molar-refractivity contribution < 1.29 is 0 Å². The van der Waals surface area contributed by atoms with Crippen LogP contribution >= 0.6 is 11.6 Å². The Balaban J connectivity index is 2.07. The molecule has 0 saturated carbocycles. The molecule has 0 fully saturated rings. The van der Waals surface area contributed by atoms with E-state index in [0.717, 1.165) is 31.2 Å². The normalized spacial score (nSPS) is 10.7. The van der Waals surface area contributed by atoms with Gasteiger partial charge in [-0.1, -0.05) is 43.2 Å². The molecule has 0 aliphatic rings. The topological polar surface area (TPSA) is 34.9 Å². The number of unbranched alkanes of at least 4 members (excludes halogenated alkanes) is 3. The first-order valence-electron chi connectivity index (χ1n) is 7.00. The van der Waals surface area contributed by atoms with Crippen LogP contribution in [0.15, 0.2) is 47.4 Å². The van der Waals surface area contributed by atoms with Crippen molar-refractivity contribution in [3.8, 4) is 11.1 Å². The van der Waals surface area contributed by atoms with E-state index in [4.69, 9.17) is 11.6 Å². The van der Waals surface area contributed by atoms with E-state index >= 15 is 0 Å². The van der Waals surface area contributed by atoms with Crippen molar-refractivity contribution in [1.82, 2.24) is 9.78 Å². The maximum Gasteiger partial charge on any atom is 0.274 e. The van der Waals surface area contributed by atoms with Crippen LogP contribution in [0.3, 0.4) is 0 Å². The molecule has 4 heteroatoms. The van der Waals surface area contributed by atoms with Gasteiger partial charge in [0.1, 0.15) is 0 Å². The van der Waals surface area contributed by atoms with Gasteiger partial charge in [-0.2, -0.15) is 5.10 Å². The van der Waals surface area contributed by atoms with E-state index < -0.39 is 0 Å². The van der Waals surface area contributed by atoms with E-state index in [9.17, 15) is 4.79 Å². The van der Waals surface area contributed by atoms with Crippen molar-refractivity contribution in [2.75, 3.05) is 5.88 Å². The lowest BCUT2D eigenvalue weighted by Crippen LogP contribution is -2.24. The molecule has 0 aliphatic carbocycles. The zero-order valence-corrected chi connectivity index (χ0v) is 12.2. The maximum atomic E-state index is 12.4. The largest absolute Gasteiger partial charge is 0.274 e. The molecule has 0 atom stereocenters. The molecule has 0 spiro atoms. The molecule has 0 N–H and O–H groups in total. The molecule has 3 nitrogen and oxygen atoms in total. The third-order valence-corrected chi connectivity index (χ3v) is 3.52. The van der Waals surface area contributed by atoms with E-state index in [0.29, 0.717) is 18.0 Å². The van der Waals surface area contributed by atoms with Gasteiger partial charge in [0.2, 0.25) is 0 Å². The van der Waals surface area contributed by atoms with Crippen molar-refractivity contribution in [3.05, 3.63) is 52.9 Å². The monoisotopic (exact) mass is 290 g/mol. The van der Waals surface area contributed by atoms with Gasteiger partial charge in [0.15, 0.2) is 0 Å². The number of halogens is 1. The van der Waals surface area contributed by atoms with Crippen LogP contribution in [0.2, 0.25) is 0 Å². The highest BCUT2D eigenvalue weighted by Gasteiger charge is 2.05. The van der Waals surface area contributed by atoms with Gasteiger partial charge in [0, 0.05) is 18.6 Å². The third kappa shape index (κ3) is 3.94. The Morgan fingerprint density at radius 1 is 1.00 bits per heavy atom. The Morgan fingerprint density at radius 2 is 1.75 bits per heavy atom. The van der Waals surface area contributed by atoms with Crippen LogP contribution in [0, 0.1) is 0 Å². The van der Waals surface area contributed by atoms with E-state index in [1.807, 2.05) is 30.3 Å². The minimum Gasteiger partial charge on any atom is -0.267 e. The summed E-state index contributed by atoms with van der Waals surface area (Å²) >= 11 is 5.64. The predicted octanol–water partition coefficient (Wildman–Crippen LogP) is 3.71. The second-order valence-corrected chi connectivity index (χ2v) is 5.12. The molecule has 0 unspecified atom stereocenters. The fourth-order valence-corrected chi connectivity index (χ4v) is 2.35. The van der Waals surface area contributed by atoms with Crippen LogP contribution in [0.1, 0.15) is 25.7 Å². The minimum absolute atomic E-state index is 0.0176. The van der Waals surface area contributed by atoms with Gasteiger partial charge >= 0.3 is 0 Å². The summed E-state index contributed by atoms with van der Waals surface area (Å²) in [4.78, 5) is 12.4. The van der Waals surface area contributed by atoms with Crippen LogP contribution in [0.25, 0.3) is 11.1 Å². The molecule has 0 bridgehead atoms. The van der Waals surface area contributed by atoms with E-state index in [2.05, 4.69) is 5.10 Å². The van der Waals surface area contributed by atoms with Gasteiger partial charge in [-0.15, -0.1) is 11.6 Å². The van der Waals surface area contributed by atoms with Crippen LogP contribution in [-0.2, 0) is 6.54 Å². The van der Waals surface area contributed by atoms with Gasteiger partial charge in [-0.3, -0.25) is 4.79 Å². The average Bonchev–Trinajstić information content (AvgIpc) is 2.49. The van der Waals surface area contributed by atoms with Crippen LogP contribution in [0.5, 0.6) is 0 Å². The van der Waals surface area contributed by atoms with Crippen LogP contribution in [-0.4, -0.2) is 15.7 Å². The Labute approximate surface area is 124 Å². The maximum absolute atomic E-state index is 12.4. The molecule has 1 aromatic carbocycles. The molecule has 1 aromatic heterocycles. The van der Waals surface area contributed by atoms with Crippen molar-refractivity contribution in [1.29, 1.82) is 0 Å². The van der Waals surface area contributed by atoms with E-state index in [-0.39, 0.29) is 5.56 Å². The lowest BCUT2D eigenvalue weighted by Gasteiger charge is -2.07. The van der Waals surface area contributed by atoms with Gasteiger partial charge < -0.3 is 0 Å². The second kappa shape index (κ2) is 7.85. The Bertz CT molecular complexity index is 581. The first-order chi connectivity index (χ1) is 9.83. The van der Waals surface area contributed by atoms with E-state index in [1.165, 1.54) is 0 Å². The highest BCUT2D eigenvalue weighted by molar-refractivity contribution is 6.17. The molecule has 0 saturated heterocycles. The summed E-state index contributed by atoms with van der Waals surface area (Å²) in [6, 6.07) is 11.5. The number of nitrogens with zero attached hydrogens (tertiary/aromatic N) is 2. The summed E-state index contributed by atoms with van der Waals surface area (Å²) in [6.45, 7) is 0.668. The number of benzene rings is 1. The fourth-order valence-electron chi connectivity index (χ4n) is 2.16. The smallest absolute Gasteiger partial charge is 0.267 e. The number of aromatic nitrogens is 2. The summed E-state index contributed by atoms with van der Waals surface area (Å²) < 4.78 is 1.56. The summed E-state index contributed by atoms with van der Waals surface area (Å²) in [5.74, 6) is 0.710. The molecule has 106 valence electrons. The Morgan fingerprint density at radius 3 is 2.50 bits per heavy atom. The highest BCUT2D eigenvalue weighted by Crippen LogP contribution is 2.13. The minimum atomic E-state index is -0.0176. The Kier molecular flexibility index (Phi) is 5.81. The molecule has 0 amide bonds. The van der Waals surface area contributed by atoms with Gasteiger partial charge in [0.25, 0.3) is 5.56 Å². The number of aryl methyl sites for hydroxylation is 1. The standard InChI is InChI=1S/C16H19ClN2O/c17-11-6-1-2-7-13-19-16(20)15(10-12-18-19)14-8-4-3-5-9-14/h3-5,8-10,12H,1-2,6-7,11,13H2. The molecular weight excluding hydrogens is 272 g/mol. The average molecular weight is 291 g/mol. The molecule has 2 rings (SSSR count). The molecule has 1 heterocycles. The summed E-state index contributed by atoms with van der Waals surface area (Å²) in [6.07, 6.45) is 5.88. The number of hydrogen-bond acceptors (Lipinski definition) is 2. The highest BCUT2D eigenvalue weighted by atomic mass is 35.5. The van der Waals surface area contributed by atoms with Gasteiger partial charge in [0.05, 0.1) is 5.56 Å². The summed E-state index contributed by atoms with van der Waals surface area (Å²) in [5.41, 5.74) is 1.63. The first kappa shape index (κ1) is 14.8. The van der Waals surface area contributed by atoms with Crippen molar-refractivity contribution in [2.45, 2.75) is 32.2 Å². The van der Waals surface area contributed by atoms with Crippen molar-refractivity contribution in [3.63, 3.8) is 0 Å². The SMILES string of the molecule is O=c1c(-c2ccccc2)ccnn1CCCCCCCl. The lowest BCUT2D eigenvalue weighted by molar-refractivity contribution is 0.520. The third-order valence-electron chi connectivity index (χ3n) is 3.25. The molecule has 0 radical (unpaired) electrons. The zero-order chi connectivity index (χ0) is 14.2. The summed E-state index contributed by atoms with van der Waals surface area (Å²) in [5, 5.41) is 4.16. The van der Waals surface area contributed by atoms with Gasteiger partial charge in [-0.05, 0) is 24.5 Å². The number of alkyl halides is 1. The van der Waals surface area contributed by atoms with Crippen LogP contribution in [0.4, 0.5) is 0 Å². The van der Waals surface area contributed by atoms with Gasteiger partial charge in [-0.25, -0.2) is 4.68 Å². The second-order valence-electron chi connectivity index (χ2n) is 4.74. The number of hydrogen-bond donors (Lipinski definition) is 0. The quantitative estimate of drug-likeness (QED) is 0.575. The fraction of sp³-hybridized carbons (Fsp3) is 0.375. The Hall–Kier alpha value is -1.61. The van der Waals surface area contributed by atoms with E-state index in [1.54, 1.807) is 16.9 Å². The van der Waals surface area contributed by atoms with Crippen LogP contribution < -0.4 is 5.56 Å². The predicted molar refractivity (Wildman–Crippen MR) is 83.1 cm³/mol. The molecule has 0 aliphatic heterocycles. The lowest BCUT2D eigenvalue weighted by atomic mass is 10.1. The summed E-state index contributed by atoms with van der Waals surface area (Å²) in [7, 11) is 0. The molecule has 20 heavy (non-hydrogen) atoms. The molecule has 2 aromatic rings. The number of rotatable bonds is 7. The first-order valence-corrected chi connectivity index (χ1v) is 7.54.